The van der Waals surface area contributed by atoms with Gasteiger partial charge in [-0.1, -0.05) is 0 Å². The predicted octanol–water partition coefficient (Wildman–Crippen LogP) is 1.89. The van der Waals surface area contributed by atoms with Crippen molar-refractivity contribution in [2.75, 3.05) is 0 Å². The highest BCUT2D eigenvalue weighted by Crippen LogP contribution is 2.18. The van der Waals surface area contributed by atoms with Crippen molar-refractivity contribution >= 4 is 21.7 Å². The third kappa shape index (κ3) is 1.42. The van der Waals surface area contributed by atoms with Crippen LogP contribution in [0.25, 0.3) is 17.0 Å². The summed E-state index contributed by atoms with van der Waals surface area (Å²) in [5.74, 6) is 0.674. The van der Waals surface area contributed by atoms with Gasteiger partial charge in [0.25, 0.3) is 0 Å². The molecule has 0 saturated heterocycles. The molecule has 0 aliphatic carbocycles. The number of fused-ring (bicyclic) bond motifs is 1. The van der Waals surface area contributed by atoms with Crippen LogP contribution in [-0.4, -0.2) is 24.1 Å². The standard InChI is InChI=1S/C10H8BrN5/c1-15-6-7(4-13-15)8-2-3-16-9(11)5-12-10(16)14-8/h2-6H,1H3. The smallest absolute Gasteiger partial charge is 0.235 e. The number of hydrogen-bond donors (Lipinski definition) is 0. The van der Waals surface area contributed by atoms with Gasteiger partial charge in [-0.2, -0.15) is 5.10 Å². The molecular formula is C10H8BrN5. The molecule has 3 aromatic heterocycles. The quantitative estimate of drug-likeness (QED) is 0.683. The van der Waals surface area contributed by atoms with E-state index < -0.39 is 0 Å². The lowest BCUT2D eigenvalue weighted by atomic mass is 10.2. The third-order valence-electron chi connectivity index (χ3n) is 2.33. The molecule has 6 heteroatoms. The molecule has 0 amide bonds. The molecule has 0 fully saturated rings. The van der Waals surface area contributed by atoms with Crippen LogP contribution < -0.4 is 0 Å². The van der Waals surface area contributed by atoms with E-state index in [-0.39, 0.29) is 0 Å². The molecule has 0 atom stereocenters. The van der Waals surface area contributed by atoms with E-state index in [1.807, 2.05) is 29.9 Å². The zero-order valence-electron chi connectivity index (χ0n) is 8.50. The minimum absolute atomic E-state index is 0.674. The van der Waals surface area contributed by atoms with Crippen LogP contribution in [0.2, 0.25) is 0 Å². The first-order valence-electron chi connectivity index (χ1n) is 4.73. The van der Waals surface area contributed by atoms with Crippen LogP contribution in [0.15, 0.2) is 35.5 Å². The van der Waals surface area contributed by atoms with Gasteiger partial charge in [0, 0.05) is 25.0 Å². The van der Waals surface area contributed by atoms with Crippen molar-refractivity contribution in [3.63, 3.8) is 0 Å². The molecular weight excluding hydrogens is 270 g/mol. The van der Waals surface area contributed by atoms with E-state index in [2.05, 4.69) is 31.0 Å². The monoisotopic (exact) mass is 277 g/mol. The van der Waals surface area contributed by atoms with E-state index in [4.69, 9.17) is 0 Å². The normalized spacial score (nSPS) is 11.1. The topological polar surface area (TPSA) is 48.0 Å². The van der Waals surface area contributed by atoms with Gasteiger partial charge in [0.15, 0.2) is 0 Å². The van der Waals surface area contributed by atoms with Gasteiger partial charge in [-0.05, 0) is 22.0 Å². The van der Waals surface area contributed by atoms with Gasteiger partial charge in [-0.25, -0.2) is 9.97 Å². The van der Waals surface area contributed by atoms with Crippen molar-refractivity contribution in [1.82, 2.24) is 24.1 Å². The number of aromatic nitrogens is 5. The van der Waals surface area contributed by atoms with E-state index >= 15 is 0 Å². The van der Waals surface area contributed by atoms with E-state index in [1.54, 1.807) is 17.1 Å². The molecule has 0 unspecified atom stereocenters. The van der Waals surface area contributed by atoms with Gasteiger partial charge in [0.1, 0.15) is 4.60 Å². The van der Waals surface area contributed by atoms with Crippen LogP contribution in [0.4, 0.5) is 0 Å². The van der Waals surface area contributed by atoms with Crippen LogP contribution in [0.3, 0.4) is 0 Å². The Kier molecular flexibility index (Phi) is 2.03. The second kappa shape index (κ2) is 3.41. The number of halogens is 1. The van der Waals surface area contributed by atoms with Crippen LogP contribution >= 0.6 is 15.9 Å². The Morgan fingerprint density at radius 1 is 1.31 bits per heavy atom. The summed E-state index contributed by atoms with van der Waals surface area (Å²) in [6, 6.07) is 1.94. The van der Waals surface area contributed by atoms with Crippen molar-refractivity contribution in [2.24, 2.45) is 7.05 Å². The molecule has 16 heavy (non-hydrogen) atoms. The minimum atomic E-state index is 0.674. The summed E-state index contributed by atoms with van der Waals surface area (Å²) in [6.07, 6.45) is 7.38. The van der Waals surface area contributed by atoms with Crippen molar-refractivity contribution in [3.8, 4) is 11.3 Å². The van der Waals surface area contributed by atoms with E-state index in [1.165, 1.54) is 0 Å². The first-order chi connectivity index (χ1) is 7.74. The number of rotatable bonds is 1. The molecule has 3 rings (SSSR count). The summed E-state index contributed by atoms with van der Waals surface area (Å²) in [4.78, 5) is 8.64. The fraction of sp³-hybridized carbons (Fsp3) is 0.100. The maximum Gasteiger partial charge on any atom is 0.235 e. The third-order valence-corrected chi connectivity index (χ3v) is 2.92. The molecule has 0 spiro atoms. The van der Waals surface area contributed by atoms with Gasteiger partial charge in [0.2, 0.25) is 5.78 Å². The Morgan fingerprint density at radius 3 is 2.94 bits per heavy atom. The van der Waals surface area contributed by atoms with Crippen molar-refractivity contribution in [3.05, 3.63) is 35.5 Å². The molecule has 0 aromatic carbocycles. The van der Waals surface area contributed by atoms with Crippen LogP contribution in [-0.2, 0) is 7.05 Å². The van der Waals surface area contributed by atoms with Gasteiger partial charge in [-0.3, -0.25) is 9.08 Å². The summed E-state index contributed by atoms with van der Waals surface area (Å²) in [7, 11) is 1.88. The first-order valence-corrected chi connectivity index (χ1v) is 5.52. The molecule has 0 N–H and O–H groups in total. The second-order valence-electron chi connectivity index (χ2n) is 3.47. The fourth-order valence-corrected chi connectivity index (χ4v) is 1.94. The molecule has 3 aromatic rings. The summed E-state index contributed by atoms with van der Waals surface area (Å²) in [5.41, 5.74) is 1.86. The minimum Gasteiger partial charge on any atom is -0.278 e. The zero-order valence-corrected chi connectivity index (χ0v) is 10.1. The van der Waals surface area contributed by atoms with Gasteiger partial charge in [-0.15, -0.1) is 0 Å². The number of hydrogen-bond acceptors (Lipinski definition) is 3. The molecule has 0 bridgehead atoms. The lowest BCUT2D eigenvalue weighted by Crippen LogP contribution is -1.90. The number of nitrogens with zero attached hydrogens (tertiary/aromatic N) is 5. The second-order valence-corrected chi connectivity index (χ2v) is 4.28. The van der Waals surface area contributed by atoms with Gasteiger partial charge >= 0.3 is 0 Å². The largest absolute Gasteiger partial charge is 0.278 e. The van der Waals surface area contributed by atoms with Gasteiger partial charge in [0.05, 0.1) is 18.1 Å². The van der Waals surface area contributed by atoms with E-state index in [0.29, 0.717) is 5.78 Å². The maximum absolute atomic E-state index is 4.45. The highest BCUT2D eigenvalue weighted by Gasteiger charge is 2.05. The molecule has 0 saturated carbocycles. The highest BCUT2D eigenvalue weighted by molar-refractivity contribution is 9.10. The lowest BCUT2D eigenvalue weighted by molar-refractivity contribution is 0.768. The predicted molar refractivity (Wildman–Crippen MR) is 62.9 cm³/mol. The highest BCUT2D eigenvalue weighted by atomic mass is 79.9. The Labute approximate surface area is 99.9 Å². The van der Waals surface area contributed by atoms with Crippen molar-refractivity contribution in [1.29, 1.82) is 0 Å². The Bertz CT molecular complexity index is 654. The maximum atomic E-state index is 4.45. The summed E-state index contributed by atoms with van der Waals surface area (Å²) in [6.45, 7) is 0. The molecule has 0 aliphatic rings. The number of aryl methyl sites for hydroxylation is 1. The summed E-state index contributed by atoms with van der Waals surface area (Å²) >= 11 is 3.40. The van der Waals surface area contributed by atoms with Crippen LogP contribution in [0.5, 0.6) is 0 Å². The Morgan fingerprint density at radius 2 is 2.19 bits per heavy atom. The lowest BCUT2D eigenvalue weighted by Gasteiger charge is -1.98. The number of imidazole rings is 1. The molecule has 5 nitrogen and oxygen atoms in total. The SMILES string of the molecule is Cn1cc(-c2ccn3c(Br)cnc3n2)cn1. The van der Waals surface area contributed by atoms with Crippen molar-refractivity contribution < 1.29 is 0 Å². The molecule has 0 radical (unpaired) electrons. The average Bonchev–Trinajstić information content (AvgIpc) is 2.86. The van der Waals surface area contributed by atoms with Crippen LogP contribution in [0.1, 0.15) is 0 Å². The van der Waals surface area contributed by atoms with Gasteiger partial charge < -0.3 is 0 Å². The fourth-order valence-electron chi connectivity index (χ4n) is 1.56. The molecule has 3 heterocycles. The van der Waals surface area contributed by atoms with E-state index in [0.717, 1.165) is 15.9 Å². The molecule has 0 aliphatic heterocycles. The van der Waals surface area contributed by atoms with E-state index in [9.17, 15) is 0 Å². The zero-order chi connectivity index (χ0) is 11.1. The molecule has 80 valence electrons. The average molecular weight is 278 g/mol. The summed E-state index contributed by atoms with van der Waals surface area (Å²) in [5, 5.41) is 4.12. The Hall–Kier alpha value is -1.69. The van der Waals surface area contributed by atoms with Crippen molar-refractivity contribution in [2.45, 2.75) is 0 Å². The summed E-state index contributed by atoms with van der Waals surface area (Å²) < 4.78 is 4.52. The van der Waals surface area contributed by atoms with Crippen LogP contribution in [0, 0.1) is 0 Å². The Balaban J connectivity index is 2.18. The first kappa shape index (κ1) is 9.53.